The SMILES string of the molecule is CC=Cc1ccc(N2C[C@H](CNC(C)=O)OC2=O)cc1C. The van der Waals surface area contributed by atoms with Crippen LogP contribution in [0, 0.1) is 6.92 Å². The van der Waals surface area contributed by atoms with Gasteiger partial charge in [-0.3, -0.25) is 9.69 Å². The third-order valence-electron chi connectivity index (χ3n) is 3.36. The van der Waals surface area contributed by atoms with Crippen LogP contribution in [0.15, 0.2) is 24.3 Å². The Morgan fingerprint density at radius 1 is 1.52 bits per heavy atom. The Morgan fingerprint density at radius 3 is 2.90 bits per heavy atom. The molecule has 112 valence electrons. The van der Waals surface area contributed by atoms with Crippen LogP contribution in [0.25, 0.3) is 6.08 Å². The molecule has 0 aromatic heterocycles. The average Bonchev–Trinajstić information content (AvgIpc) is 2.80. The minimum atomic E-state index is -0.372. The van der Waals surface area contributed by atoms with Crippen molar-refractivity contribution >= 4 is 23.8 Å². The van der Waals surface area contributed by atoms with Gasteiger partial charge >= 0.3 is 6.09 Å². The number of allylic oxidation sites excluding steroid dienone is 1. The van der Waals surface area contributed by atoms with Crippen molar-refractivity contribution in [1.82, 2.24) is 5.32 Å². The fraction of sp³-hybridized carbons (Fsp3) is 0.375. The lowest BCUT2D eigenvalue weighted by molar-refractivity contribution is -0.119. The van der Waals surface area contributed by atoms with Crippen LogP contribution < -0.4 is 10.2 Å². The number of anilines is 1. The maximum Gasteiger partial charge on any atom is 0.414 e. The molecule has 21 heavy (non-hydrogen) atoms. The third kappa shape index (κ3) is 3.62. The van der Waals surface area contributed by atoms with Crippen molar-refractivity contribution in [3.63, 3.8) is 0 Å². The van der Waals surface area contributed by atoms with E-state index in [9.17, 15) is 9.59 Å². The smallest absolute Gasteiger partial charge is 0.414 e. The molecule has 1 saturated heterocycles. The predicted octanol–water partition coefficient (Wildman–Crippen LogP) is 2.49. The van der Waals surface area contributed by atoms with Crippen molar-refractivity contribution in [2.75, 3.05) is 18.0 Å². The molecule has 0 aliphatic carbocycles. The standard InChI is InChI=1S/C16H20N2O3/c1-4-5-13-6-7-14(8-11(13)2)18-10-15(21-16(18)20)9-17-12(3)19/h4-8,15H,9-10H2,1-3H3,(H,17,19)/t15-/m0/s1. The molecule has 5 heteroatoms. The van der Waals surface area contributed by atoms with Crippen LogP contribution in [-0.4, -0.2) is 31.2 Å². The highest BCUT2D eigenvalue weighted by molar-refractivity contribution is 5.90. The van der Waals surface area contributed by atoms with Gasteiger partial charge in [-0.25, -0.2) is 4.79 Å². The van der Waals surface area contributed by atoms with E-state index in [0.29, 0.717) is 13.1 Å². The maximum atomic E-state index is 11.9. The molecule has 0 spiro atoms. The second kappa shape index (κ2) is 6.43. The lowest BCUT2D eigenvalue weighted by Crippen LogP contribution is -2.33. The quantitative estimate of drug-likeness (QED) is 0.926. The predicted molar refractivity (Wildman–Crippen MR) is 82.2 cm³/mol. The van der Waals surface area contributed by atoms with Crippen LogP contribution in [0.3, 0.4) is 0 Å². The molecule has 1 fully saturated rings. The van der Waals surface area contributed by atoms with E-state index in [1.807, 2.05) is 44.2 Å². The molecule has 1 aliphatic rings. The largest absolute Gasteiger partial charge is 0.442 e. The summed E-state index contributed by atoms with van der Waals surface area (Å²) in [5.41, 5.74) is 3.04. The zero-order chi connectivity index (χ0) is 15.4. The molecule has 1 aromatic carbocycles. The fourth-order valence-corrected chi connectivity index (χ4v) is 2.29. The van der Waals surface area contributed by atoms with Gasteiger partial charge in [0.05, 0.1) is 13.1 Å². The summed E-state index contributed by atoms with van der Waals surface area (Å²) >= 11 is 0. The molecule has 0 saturated carbocycles. The van der Waals surface area contributed by atoms with Gasteiger partial charge in [0.15, 0.2) is 0 Å². The van der Waals surface area contributed by atoms with Crippen molar-refractivity contribution in [2.24, 2.45) is 0 Å². The van der Waals surface area contributed by atoms with Crippen LogP contribution in [0.5, 0.6) is 0 Å². The molecule has 1 heterocycles. The van der Waals surface area contributed by atoms with E-state index in [1.54, 1.807) is 4.90 Å². The summed E-state index contributed by atoms with van der Waals surface area (Å²) in [6.07, 6.45) is 3.33. The highest BCUT2D eigenvalue weighted by Gasteiger charge is 2.32. The van der Waals surface area contributed by atoms with E-state index in [-0.39, 0.29) is 18.1 Å². The van der Waals surface area contributed by atoms with Gasteiger partial charge in [-0.1, -0.05) is 18.2 Å². The lowest BCUT2D eigenvalue weighted by Gasteiger charge is -2.14. The molecule has 1 aromatic rings. The molecule has 0 bridgehead atoms. The van der Waals surface area contributed by atoms with E-state index in [4.69, 9.17) is 4.74 Å². The number of nitrogens with one attached hydrogen (secondary N) is 1. The zero-order valence-corrected chi connectivity index (χ0v) is 12.6. The Hall–Kier alpha value is -2.30. The van der Waals surface area contributed by atoms with Crippen LogP contribution >= 0.6 is 0 Å². The Morgan fingerprint density at radius 2 is 2.29 bits per heavy atom. The highest BCUT2D eigenvalue weighted by Crippen LogP contribution is 2.24. The fourth-order valence-electron chi connectivity index (χ4n) is 2.29. The van der Waals surface area contributed by atoms with Gasteiger partial charge in [-0.15, -0.1) is 0 Å². The van der Waals surface area contributed by atoms with Gasteiger partial charge in [0.1, 0.15) is 6.10 Å². The van der Waals surface area contributed by atoms with Gasteiger partial charge in [0.2, 0.25) is 5.91 Å². The minimum Gasteiger partial charge on any atom is -0.442 e. The number of benzene rings is 1. The van der Waals surface area contributed by atoms with Gasteiger partial charge in [0.25, 0.3) is 0 Å². The Balaban J connectivity index is 2.10. The Bertz CT molecular complexity index is 581. The van der Waals surface area contributed by atoms with Crippen LogP contribution in [-0.2, 0) is 9.53 Å². The first-order valence-corrected chi connectivity index (χ1v) is 6.97. The summed E-state index contributed by atoms with van der Waals surface area (Å²) in [4.78, 5) is 24.4. The number of hydrogen-bond donors (Lipinski definition) is 1. The van der Waals surface area contributed by atoms with Gasteiger partial charge in [0, 0.05) is 12.6 Å². The Labute approximate surface area is 124 Å². The summed E-state index contributed by atoms with van der Waals surface area (Å²) in [5.74, 6) is -0.129. The number of carbonyl (C=O) groups is 2. The summed E-state index contributed by atoms with van der Waals surface area (Å²) < 4.78 is 5.25. The number of cyclic esters (lactones) is 1. The summed E-state index contributed by atoms with van der Waals surface area (Å²) in [5, 5.41) is 2.67. The number of amides is 2. The van der Waals surface area contributed by atoms with Crippen LogP contribution in [0.4, 0.5) is 10.5 Å². The molecule has 0 radical (unpaired) electrons. The maximum absolute atomic E-state index is 11.9. The monoisotopic (exact) mass is 288 g/mol. The number of rotatable bonds is 4. The van der Waals surface area contributed by atoms with Gasteiger partial charge < -0.3 is 10.1 Å². The second-order valence-electron chi connectivity index (χ2n) is 5.09. The number of aryl methyl sites for hydroxylation is 1. The van der Waals surface area contributed by atoms with E-state index in [0.717, 1.165) is 16.8 Å². The summed E-state index contributed by atoms with van der Waals surface area (Å²) in [6, 6.07) is 5.86. The molecule has 0 unspecified atom stereocenters. The average molecular weight is 288 g/mol. The van der Waals surface area contributed by atoms with Crippen LogP contribution in [0.2, 0.25) is 0 Å². The zero-order valence-electron chi connectivity index (χ0n) is 12.6. The summed E-state index contributed by atoms with van der Waals surface area (Å²) in [7, 11) is 0. The van der Waals surface area contributed by atoms with Gasteiger partial charge in [-0.05, 0) is 37.1 Å². The van der Waals surface area contributed by atoms with E-state index < -0.39 is 0 Å². The number of hydrogen-bond acceptors (Lipinski definition) is 3. The van der Waals surface area contributed by atoms with Crippen molar-refractivity contribution in [3.05, 3.63) is 35.4 Å². The normalized spacial score (nSPS) is 18.1. The topological polar surface area (TPSA) is 58.6 Å². The lowest BCUT2D eigenvalue weighted by atomic mass is 10.1. The number of ether oxygens (including phenoxy) is 1. The molecule has 1 N–H and O–H groups in total. The molecule has 2 rings (SSSR count). The van der Waals surface area contributed by atoms with E-state index >= 15 is 0 Å². The van der Waals surface area contributed by atoms with Crippen molar-refractivity contribution in [2.45, 2.75) is 26.9 Å². The van der Waals surface area contributed by atoms with Gasteiger partial charge in [-0.2, -0.15) is 0 Å². The molecule has 5 nitrogen and oxygen atoms in total. The van der Waals surface area contributed by atoms with Crippen molar-refractivity contribution < 1.29 is 14.3 Å². The van der Waals surface area contributed by atoms with E-state index in [2.05, 4.69) is 5.32 Å². The first-order valence-electron chi connectivity index (χ1n) is 6.97. The van der Waals surface area contributed by atoms with E-state index in [1.165, 1.54) is 6.92 Å². The molecule has 1 atom stereocenters. The third-order valence-corrected chi connectivity index (χ3v) is 3.36. The summed E-state index contributed by atoms with van der Waals surface area (Å²) in [6.45, 7) is 6.21. The first-order chi connectivity index (χ1) is 10.0. The highest BCUT2D eigenvalue weighted by atomic mass is 16.6. The van der Waals surface area contributed by atoms with Crippen molar-refractivity contribution in [3.8, 4) is 0 Å². The molecule has 2 amide bonds. The van der Waals surface area contributed by atoms with Crippen molar-refractivity contribution in [1.29, 1.82) is 0 Å². The number of nitrogens with zero attached hydrogens (tertiary/aromatic N) is 1. The Kier molecular flexibility index (Phi) is 4.62. The molecule has 1 aliphatic heterocycles. The molecular formula is C16H20N2O3. The first kappa shape index (κ1) is 15.1. The minimum absolute atomic E-state index is 0.129. The number of carbonyl (C=O) groups excluding carboxylic acids is 2. The second-order valence-corrected chi connectivity index (χ2v) is 5.09. The molecular weight excluding hydrogens is 268 g/mol. The van der Waals surface area contributed by atoms with Crippen LogP contribution in [0.1, 0.15) is 25.0 Å².